The van der Waals surface area contributed by atoms with Crippen molar-refractivity contribution in [2.75, 3.05) is 11.9 Å². The minimum absolute atomic E-state index is 0.103. The molecule has 1 amide bonds. The normalized spacial score (nSPS) is 10.9. The van der Waals surface area contributed by atoms with Crippen molar-refractivity contribution in [3.63, 3.8) is 0 Å². The molecule has 0 aliphatic rings. The number of ether oxygens (including phenoxy) is 1. The van der Waals surface area contributed by atoms with Crippen molar-refractivity contribution < 1.29 is 23.7 Å². The molecule has 8 nitrogen and oxygen atoms in total. The third-order valence-electron chi connectivity index (χ3n) is 5.48. The Morgan fingerprint density at radius 1 is 1.18 bits per heavy atom. The number of thiophene rings is 1. The molecule has 9 heteroatoms. The second-order valence-corrected chi connectivity index (χ2v) is 8.46. The lowest BCUT2D eigenvalue weighted by Crippen LogP contribution is -2.15. The predicted octanol–water partition coefficient (Wildman–Crippen LogP) is 6.37. The van der Waals surface area contributed by atoms with Gasteiger partial charge in [0.1, 0.15) is 16.1 Å². The highest BCUT2D eigenvalue weighted by molar-refractivity contribution is 7.15. The molecule has 34 heavy (non-hydrogen) atoms. The molecule has 4 aromatic rings. The molecule has 2 heterocycles. The van der Waals surface area contributed by atoms with Crippen molar-refractivity contribution in [2.45, 2.75) is 27.2 Å². The molecule has 0 aliphatic carbocycles. The van der Waals surface area contributed by atoms with Gasteiger partial charge in [-0.1, -0.05) is 25.1 Å². The molecule has 0 atom stereocenters. The van der Waals surface area contributed by atoms with E-state index in [2.05, 4.69) is 12.2 Å². The summed E-state index contributed by atoms with van der Waals surface area (Å²) in [4.78, 5) is 36.7. The Morgan fingerprint density at radius 2 is 1.97 bits per heavy atom. The number of nitrogens with one attached hydrogen (secondary N) is 1. The Hall–Kier alpha value is -3.98. The molecule has 0 bridgehead atoms. The van der Waals surface area contributed by atoms with Gasteiger partial charge in [0.2, 0.25) is 0 Å². The minimum atomic E-state index is -0.630. The maximum Gasteiger partial charge on any atom is 0.341 e. The number of furan rings is 1. The topological polar surface area (TPSA) is 112 Å². The highest BCUT2D eigenvalue weighted by atomic mass is 32.1. The number of nitro groups is 1. The van der Waals surface area contributed by atoms with Crippen LogP contribution >= 0.6 is 11.3 Å². The molecular weight excluding hydrogens is 456 g/mol. The Kier molecular flexibility index (Phi) is 6.47. The third kappa shape index (κ3) is 4.29. The van der Waals surface area contributed by atoms with Crippen LogP contribution in [-0.2, 0) is 11.2 Å². The number of esters is 1. The number of non-ortho nitro benzene ring substituents is 1. The Labute approximate surface area is 199 Å². The minimum Gasteiger partial charge on any atom is -0.462 e. The summed E-state index contributed by atoms with van der Waals surface area (Å²) in [6, 6.07) is 11.8. The standard InChI is InChI=1S/C25H22N2O6S/c1-4-15-9-10-20-18(11-15)14(3)22(33-20)23(28)26-24-21(25(29)32-5-2)19(13-34-24)16-7-6-8-17(12-16)27(30)31/h6-13H,4-5H2,1-3H3,(H,26,28). The van der Waals surface area contributed by atoms with Crippen molar-refractivity contribution in [3.05, 3.63) is 80.4 Å². The van der Waals surface area contributed by atoms with Gasteiger partial charge < -0.3 is 14.5 Å². The second kappa shape index (κ2) is 9.48. The summed E-state index contributed by atoms with van der Waals surface area (Å²) in [7, 11) is 0. The first-order valence-corrected chi connectivity index (χ1v) is 11.6. The molecule has 0 aliphatic heterocycles. The van der Waals surface area contributed by atoms with Gasteiger partial charge >= 0.3 is 5.97 Å². The van der Waals surface area contributed by atoms with Crippen molar-refractivity contribution in [2.24, 2.45) is 0 Å². The predicted molar refractivity (Wildman–Crippen MR) is 131 cm³/mol. The zero-order chi connectivity index (χ0) is 24.4. The van der Waals surface area contributed by atoms with Crippen LogP contribution in [0.1, 0.15) is 45.9 Å². The number of amides is 1. The van der Waals surface area contributed by atoms with Gasteiger partial charge in [-0.15, -0.1) is 11.3 Å². The van der Waals surface area contributed by atoms with Crippen LogP contribution in [0, 0.1) is 17.0 Å². The smallest absolute Gasteiger partial charge is 0.341 e. The molecule has 4 rings (SSSR count). The van der Waals surface area contributed by atoms with Gasteiger partial charge in [-0.3, -0.25) is 14.9 Å². The second-order valence-electron chi connectivity index (χ2n) is 7.58. The van der Waals surface area contributed by atoms with Gasteiger partial charge in [-0.25, -0.2) is 4.79 Å². The first-order valence-electron chi connectivity index (χ1n) is 10.7. The Balaban J connectivity index is 1.74. The number of carbonyl (C=O) groups is 2. The van der Waals surface area contributed by atoms with Crippen molar-refractivity contribution >= 4 is 44.9 Å². The van der Waals surface area contributed by atoms with Gasteiger partial charge in [0.15, 0.2) is 5.76 Å². The molecule has 1 N–H and O–H groups in total. The largest absolute Gasteiger partial charge is 0.462 e. The number of carbonyl (C=O) groups excluding carboxylic acids is 2. The van der Waals surface area contributed by atoms with Crippen LogP contribution in [-0.4, -0.2) is 23.4 Å². The van der Waals surface area contributed by atoms with Crippen molar-refractivity contribution in [1.82, 2.24) is 0 Å². The molecule has 0 spiro atoms. The Bertz CT molecular complexity index is 1420. The summed E-state index contributed by atoms with van der Waals surface area (Å²) in [5.41, 5.74) is 3.39. The molecule has 0 radical (unpaired) electrons. The average molecular weight is 479 g/mol. The Morgan fingerprint density at radius 3 is 2.68 bits per heavy atom. The van der Waals surface area contributed by atoms with E-state index in [4.69, 9.17) is 9.15 Å². The fourth-order valence-electron chi connectivity index (χ4n) is 3.72. The highest BCUT2D eigenvalue weighted by Crippen LogP contribution is 2.38. The van der Waals surface area contributed by atoms with Crippen LogP contribution < -0.4 is 5.32 Å². The monoisotopic (exact) mass is 478 g/mol. The summed E-state index contributed by atoms with van der Waals surface area (Å²) < 4.78 is 11.0. The molecule has 0 saturated heterocycles. The maximum atomic E-state index is 13.1. The van der Waals surface area contributed by atoms with E-state index in [0.717, 1.165) is 28.7 Å². The van der Waals surface area contributed by atoms with Crippen molar-refractivity contribution in [1.29, 1.82) is 0 Å². The summed E-state index contributed by atoms with van der Waals surface area (Å²) in [6.07, 6.45) is 0.862. The third-order valence-corrected chi connectivity index (χ3v) is 6.38. The lowest BCUT2D eigenvalue weighted by atomic mass is 10.0. The van der Waals surface area contributed by atoms with Crippen LogP contribution in [0.25, 0.3) is 22.1 Å². The molecular formula is C25H22N2O6S. The van der Waals surface area contributed by atoms with Gasteiger partial charge in [-0.2, -0.15) is 0 Å². The fraction of sp³-hybridized carbons (Fsp3) is 0.200. The first kappa shape index (κ1) is 23.2. The van der Waals surface area contributed by atoms with Gasteiger partial charge in [-0.05, 0) is 43.5 Å². The number of aryl methyl sites for hydroxylation is 2. The van der Waals surface area contributed by atoms with E-state index < -0.39 is 16.8 Å². The summed E-state index contributed by atoms with van der Waals surface area (Å²) in [5, 5.41) is 16.8. The van der Waals surface area contributed by atoms with E-state index in [1.807, 2.05) is 25.1 Å². The van der Waals surface area contributed by atoms with Gasteiger partial charge in [0.05, 0.1) is 11.5 Å². The van der Waals surface area contributed by atoms with E-state index in [1.165, 1.54) is 12.1 Å². The number of nitrogens with zero attached hydrogens (tertiary/aromatic N) is 1. The van der Waals surface area contributed by atoms with E-state index in [0.29, 0.717) is 22.3 Å². The van der Waals surface area contributed by atoms with E-state index in [1.54, 1.807) is 24.4 Å². The molecule has 0 unspecified atom stereocenters. The summed E-state index contributed by atoms with van der Waals surface area (Å²) in [5.74, 6) is -0.970. The molecule has 0 fully saturated rings. The zero-order valence-corrected chi connectivity index (χ0v) is 19.7. The first-order chi connectivity index (χ1) is 16.3. The molecule has 2 aromatic carbocycles. The number of nitro benzene ring substituents is 1. The van der Waals surface area contributed by atoms with Crippen LogP contribution in [0.2, 0.25) is 0 Å². The SMILES string of the molecule is CCOC(=O)c1c(-c2cccc([N+](=O)[O-])c2)csc1NC(=O)c1oc2ccc(CC)cc2c1C. The molecule has 0 saturated carbocycles. The number of rotatable bonds is 7. The van der Waals surface area contributed by atoms with Crippen LogP contribution in [0.3, 0.4) is 0 Å². The van der Waals surface area contributed by atoms with Crippen LogP contribution in [0.4, 0.5) is 10.7 Å². The average Bonchev–Trinajstić information content (AvgIpc) is 3.40. The van der Waals surface area contributed by atoms with Gasteiger partial charge in [0, 0.05) is 34.0 Å². The zero-order valence-electron chi connectivity index (χ0n) is 18.8. The van der Waals surface area contributed by atoms with Gasteiger partial charge in [0.25, 0.3) is 11.6 Å². The fourth-order valence-corrected chi connectivity index (χ4v) is 4.67. The van der Waals surface area contributed by atoms with E-state index in [-0.39, 0.29) is 28.6 Å². The maximum absolute atomic E-state index is 13.1. The van der Waals surface area contributed by atoms with Crippen molar-refractivity contribution in [3.8, 4) is 11.1 Å². The number of anilines is 1. The van der Waals surface area contributed by atoms with E-state index in [9.17, 15) is 19.7 Å². The molecule has 174 valence electrons. The van der Waals surface area contributed by atoms with Crippen LogP contribution in [0.15, 0.2) is 52.3 Å². The summed E-state index contributed by atoms with van der Waals surface area (Å²) in [6.45, 7) is 5.68. The number of benzene rings is 2. The lowest BCUT2D eigenvalue weighted by molar-refractivity contribution is -0.384. The number of fused-ring (bicyclic) bond motifs is 1. The summed E-state index contributed by atoms with van der Waals surface area (Å²) >= 11 is 1.14. The number of hydrogen-bond acceptors (Lipinski definition) is 7. The highest BCUT2D eigenvalue weighted by Gasteiger charge is 2.26. The van der Waals surface area contributed by atoms with Crippen LogP contribution in [0.5, 0.6) is 0 Å². The molecule has 2 aromatic heterocycles. The quantitative estimate of drug-likeness (QED) is 0.188. The number of hydrogen-bond donors (Lipinski definition) is 1. The van der Waals surface area contributed by atoms with E-state index >= 15 is 0 Å². The lowest BCUT2D eigenvalue weighted by Gasteiger charge is -2.08.